The van der Waals surface area contributed by atoms with Crippen molar-refractivity contribution in [1.29, 1.82) is 0 Å². The predicted molar refractivity (Wildman–Crippen MR) is 103 cm³/mol. The predicted octanol–water partition coefficient (Wildman–Crippen LogP) is 4.41. The summed E-state index contributed by atoms with van der Waals surface area (Å²) in [6.07, 6.45) is 2.53. The Hall–Kier alpha value is -1.85. The van der Waals surface area contributed by atoms with Crippen LogP contribution >= 0.6 is 15.9 Å². The number of carbonyl (C=O) groups excluding carboxylic acids is 1. The molecule has 0 bridgehead atoms. The van der Waals surface area contributed by atoms with Crippen LogP contribution in [0.1, 0.15) is 23.2 Å². The van der Waals surface area contributed by atoms with E-state index in [0.29, 0.717) is 17.1 Å². The van der Waals surface area contributed by atoms with E-state index in [2.05, 4.69) is 20.8 Å². The van der Waals surface area contributed by atoms with Crippen molar-refractivity contribution in [3.63, 3.8) is 0 Å². The molecule has 0 spiro atoms. The molecule has 1 heterocycles. The standard InChI is InChI=1S/C20H23BrN2O2/c1-22(13-14-23-11-4-5-12-23)20(24)18-9-2-3-10-19(18)25-17-8-6-7-16(21)15-17/h2-3,6-10,15H,4-5,11-14H2,1H3. The molecule has 25 heavy (non-hydrogen) atoms. The number of rotatable bonds is 6. The highest BCUT2D eigenvalue weighted by molar-refractivity contribution is 9.10. The fourth-order valence-corrected chi connectivity index (χ4v) is 3.37. The quantitative estimate of drug-likeness (QED) is 0.717. The minimum atomic E-state index is -0.00945. The summed E-state index contributed by atoms with van der Waals surface area (Å²) >= 11 is 3.44. The molecule has 1 aliphatic rings. The second kappa shape index (κ2) is 8.50. The highest BCUT2D eigenvalue weighted by Gasteiger charge is 2.18. The molecule has 132 valence electrons. The van der Waals surface area contributed by atoms with Crippen molar-refractivity contribution < 1.29 is 9.53 Å². The lowest BCUT2D eigenvalue weighted by molar-refractivity contribution is 0.0780. The summed E-state index contributed by atoms with van der Waals surface area (Å²) in [5, 5.41) is 0. The molecular weight excluding hydrogens is 380 g/mol. The maximum absolute atomic E-state index is 12.8. The second-order valence-electron chi connectivity index (χ2n) is 6.33. The number of nitrogens with zero attached hydrogens (tertiary/aromatic N) is 2. The van der Waals surface area contributed by atoms with E-state index in [-0.39, 0.29) is 5.91 Å². The van der Waals surface area contributed by atoms with Gasteiger partial charge in [0.1, 0.15) is 11.5 Å². The Labute approximate surface area is 157 Å². The minimum Gasteiger partial charge on any atom is -0.456 e. The van der Waals surface area contributed by atoms with Gasteiger partial charge in [0.15, 0.2) is 0 Å². The zero-order valence-electron chi connectivity index (χ0n) is 14.5. The van der Waals surface area contributed by atoms with E-state index in [0.717, 1.165) is 30.7 Å². The third-order valence-corrected chi connectivity index (χ3v) is 4.93. The highest BCUT2D eigenvalue weighted by Crippen LogP contribution is 2.28. The molecule has 4 nitrogen and oxygen atoms in total. The van der Waals surface area contributed by atoms with E-state index in [1.165, 1.54) is 12.8 Å². The van der Waals surface area contributed by atoms with Gasteiger partial charge in [0.05, 0.1) is 5.56 Å². The monoisotopic (exact) mass is 402 g/mol. The zero-order chi connectivity index (χ0) is 17.6. The van der Waals surface area contributed by atoms with Crippen LogP contribution in [0, 0.1) is 0 Å². The van der Waals surface area contributed by atoms with Crippen LogP contribution in [0.4, 0.5) is 0 Å². The molecule has 3 rings (SSSR count). The van der Waals surface area contributed by atoms with E-state index >= 15 is 0 Å². The maximum atomic E-state index is 12.8. The highest BCUT2D eigenvalue weighted by atomic mass is 79.9. The van der Waals surface area contributed by atoms with Gasteiger partial charge in [-0.3, -0.25) is 4.79 Å². The Morgan fingerprint density at radius 2 is 1.92 bits per heavy atom. The van der Waals surface area contributed by atoms with Gasteiger partial charge < -0.3 is 14.5 Å². The van der Waals surface area contributed by atoms with Crippen molar-refractivity contribution in [2.24, 2.45) is 0 Å². The van der Waals surface area contributed by atoms with E-state index < -0.39 is 0 Å². The molecule has 2 aromatic carbocycles. The van der Waals surface area contributed by atoms with Crippen molar-refractivity contribution in [2.45, 2.75) is 12.8 Å². The van der Waals surface area contributed by atoms with Crippen molar-refractivity contribution in [3.05, 3.63) is 58.6 Å². The van der Waals surface area contributed by atoms with E-state index in [1.807, 2.05) is 55.6 Å². The number of ether oxygens (including phenoxy) is 1. The van der Waals surface area contributed by atoms with Crippen LogP contribution in [-0.4, -0.2) is 48.9 Å². The van der Waals surface area contributed by atoms with E-state index in [1.54, 1.807) is 4.90 Å². The lowest BCUT2D eigenvalue weighted by Crippen LogP contribution is -2.35. The third-order valence-electron chi connectivity index (χ3n) is 4.44. The average Bonchev–Trinajstić information content (AvgIpc) is 3.13. The summed E-state index contributed by atoms with van der Waals surface area (Å²) in [5.41, 5.74) is 0.589. The van der Waals surface area contributed by atoms with Crippen LogP contribution in [0.3, 0.4) is 0 Å². The molecule has 0 radical (unpaired) electrons. The average molecular weight is 403 g/mol. The number of hydrogen-bond donors (Lipinski definition) is 0. The Balaban J connectivity index is 1.69. The number of likely N-dealkylation sites (N-methyl/N-ethyl adjacent to an activating group) is 1. The fraction of sp³-hybridized carbons (Fsp3) is 0.350. The Kier molecular flexibility index (Phi) is 6.10. The van der Waals surface area contributed by atoms with Gasteiger partial charge in [0, 0.05) is 24.6 Å². The van der Waals surface area contributed by atoms with Crippen LogP contribution in [-0.2, 0) is 0 Å². The number of benzene rings is 2. The van der Waals surface area contributed by atoms with Crippen molar-refractivity contribution in [2.75, 3.05) is 33.2 Å². The van der Waals surface area contributed by atoms with Gasteiger partial charge in [-0.25, -0.2) is 0 Å². The summed E-state index contributed by atoms with van der Waals surface area (Å²) in [6, 6.07) is 15.0. The molecule has 0 aromatic heterocycles. The molecule has 0 N–H and O–H groups in total. The SMILES string of the molecule is CN(CCN1CCCC1)C(=O)c1ccccc1Oc1cccc(Br)c1. The molecule has 0 unspecified atom stereocenters. The van der Waals surface area contributed by atoms with Gasteiger partial charge in [-0.2, -0.15) is 0 Å². The summed E-state index contributed by atoms with van der Waals surface area (Å²) in [5.74, 6) is 1.28. The number of hydrogen-bond acceptors (Lipinski definition) is 3. The molecule has 1 fully saturated rings. The van der Waals surface area contributed by atoms with Crippen molar-refractivity contribution >= 4 is 21.8 Å². The largest absolute Gasteiger partial charge is 0.456 e. The van der Waals surface area contributed by atoms with Gasteiger partial charge >= 0.3 is 0 Å². The summed E-state index contributed by atoms with van der Waals surface area (Å²) < 4.78 is 6.89. The lowest BCUT2D eigenvalue weighted by atomic mass is 10.1. The second-order valence-corrected chi connectivity index (χ2v) is 7.25. The van der Waals surface area contributed by atoms with Gasteiger partial charge in [0.25, 0.3) is 5.91 Å². The molecule has 0 aliphatic carbocycles. The Bertz CT molecular complexity index is 729. The molecule has 1 aliphatic heterocycles. The first kappa shape index (κ1) is 18.0. The molecule has 2 aromatic rings. The third kappa shape index (κ3) is 4.83. The van der Waals surface area contributed by atoms with Crippen molar-refractivity contribution in [3.8, 4) is 11.5 Å². The summed E-state index contributed by atoms with van der Waals surface area (Å²) in [4.78, 5) is 17.0. The smallest absolute Gasteiger partial charge is 0.257 e. The minimum absolute atomic E-state index is 0.00945. The number of likely N-dealkylation sites (tertiary alicyclic amines) is 1. The summed E-state index contributed by atoms with van der Waals surface area (Å²) in [7, 11) is 1.86. The normalized spacial score (nSPS) is 14.5. The van der Waals surface area contributed by atoms with Gasteiger partial charge in [-0.05, 0) is 56.3 Å². The van der Waals surface area contributed by atoms with Crippen LogP contribution in [0.15, 0.2) is 53.0 Å². The number of halogens is 1. The van der Waals surface area contributed by atoms with Crippen LogP contribution in [0.5, 0.6) is 11.5 Å². The Morgan fingerprint density at radius 3 is 2.68 bits per heavy atom. The molecule has 0 saturated carbocycles. The van der Waals surface area contributed by atoms with Crippen molar-refractivity contribution in [1.82, 2.24) is 9.80 Å². The fourth-order valence-electron chi connectivity index (χ4n) is 2.99. The first-order chi connectivity index (χ1) is 12.1. The molecule has 0 atom stereocenters. The van der Waals surface area contributed by atoms with E-state index in [9.17, 15) is 4.79 Å². The van der Waals surface area contributed by atoms with Gasteiger partial charge in [0.2, 0.25) is 0 Å². The summed E-state index contributed by atoms with van der Waals surface area (Å²) in [6.45, 7) is 3.94. The molecule has 1 amide bonds. The lowest BCUT2D eigenvalue weighted by Gasteiger charge is -2.22. The van der Waals surface area contributed by atoms with E-state index in [4.69, 9.17) is 4.74 Å². The van der Waals surface area contributed by atoms with Gasteiger partial charge in [-0.15, -0.1) is 0 Å². The zero-order valence-corrected chi connectivity index (χ0v) is 16.0. The molecule has 5 heteroatoms. The Morgan fingerprint density at radius 1 is 1.16 bits per heavy atom. The topological polar surface area (TPSA) is 32.8 Å². The van der Waals surface area contributed by atoms with Crippen LogP contribution in [0.25, 0.3) is 0 Å². The molecular formula is C20H23BrN2O2. The number of amides is 1. The number of carbonyl (C=O) groups is 1. The first-order valence-electron chi connectivity index (χ1n) is 8.64. The van der Waals surface area contributed by atoms with Crippen LogP contribution in [0.2, 0.25) is 0 Å². The first-order valence-corrected chi connectivity index (χ1v) is 9.43. The molecule has 1 saturated heterocycles. The number of para-hydroxylation sites is 1. The maximum Gasteiger partial charge on any atom is 0.257 e. The van der Waals surface area contributed by atoms with Gasteiger partial charge in [-0.1, -0.05) is 34.1 Å². The van der Waals surface area contributed by atoms with Crippen LogP contribution < -0.4 is 4.74 Å².